The summed E-state index contributed by atoms with van der Waals surface area (Å²) < 4.78 is 15.8. The van der Waals surface area contributed by atoms with E-state index in [1.807, 2.05) is 6.07 Å². The van der Waals surface area contributed by atoms with Gasteiger partial charge in [0.15, 0.2) is 0 Å². The van der Waals surface area contributed by atoms with E-state index in [4.69, 9.17) is 14.2 Å². The van der Waals surface area contributed by atoms with E-state index in [0.717, 1.165) is 41.0 Å². The highest BCUT2D eigenvalue weighted by Gasteiger charge is 2.27. The molecule has 3 N–H and O–H groups in total. The van der Waals surface area contributed by atoms with E-state index < -0.39 is 17.8 Å². The zero-order chi connectivity index (χ0) is 34.0. The molecule has 0 aliphatic heterocycles. The number of rotatable bonds is 12. The van der Waals surface area contributed by atoms with Crippen molar-refractivity contribution in [2.24, 2.45) is 0 Å². The second kappa shape index (κ2) is 16.2. The number of thioether (sulfide) groups is 1. The number of methoxy groups -OCH3 is 3. The van der Waals surface area contributed by atoms with E-state index >= 15 is 0 Å². The maximum atomic E-state index is 13.6. The lowest BCUT2D eigenvalue weighted by molar-refractivity contribution is -0.114. The molecule has 1 heterocycles. The molecule has 3 aromatic carbocycles. The summed E-state index contributed by atoms with van der Waals surface area (Å²) >= 11 is 2.72. The van der Waals surface area contributed by atoms with Crippen LogP contribution in [-0.2, 0) is 27.2 Å². The lowest BCUT2D eigenvalue weighted by atomic mass is 9.95. The first-order chi connectivity index (χ1) is 23.3. The third-order valence-corrected chi connectivity index (χ3v) is 9.74. The summed E-state index contributed by atoms with van der Waals surface area (Å²) in [6, 6.07) is 20.7. The van der Waals surface area contributed by atoms with Crippen molar-refractivity contribution in [2.45, 2.75) is 30.6 Å². The lowest BCUT2D eigenvalue weighted by Gasteiger charge is -2.14. The van der Waals surface area contributed by atoms with Crippen LogP contribution in [0.5, 0.6) is 11.5 Å². The molecule has 0 saturated carbocycles. The number of esters is 1. The molecule has 0 spiro atoms. The molecular formula is C36H35N3O7S2. The monoisotopic (exact) mass is 685 g/mol. The van der Waals surface area contributed by atoms with Gasteiger partial charge in [-0.1, -0.05) is 24.3 Å². The smallest absolute Gasteiger partial charge is 0.341 e. The van der Waals surface area contributed by atoms with E-state index in [1.54, 1.807) is 66.7 Å². The van der Waals surface area contributed by atoms with Crippen LogP contribution < -0.4 is 25.4 Å². The van der Waals surface area contributed by atoms with Crippen LogP contribution in [0, 0.1) is 0 Å². The third kappa shape index (κ3) is 8.44. The molecule has 0 atom stereocenters. The second-order valence-corrected chi connectivity index (χ2v) is 12.9. The number of hydrogen-bond acceptors (Lipinski definition) is 9. The molecule has 12 heteroatoms. The van der Waals surface area contributed by atoms with Crippen molar-refractivity contribution in [3.63, 3.8) is 0 Å². The maximum absolute atomic E-state index is 13.6. The number of hydrogen-bond donors (Lipinski definition) is 3. The van der Waals surface area contributed by atoms with Crippen LogP contribution in [0.4, 0.5) is 10.7 Å². The first-order valence-corrected chi connectivity index (χ1v) is 17.0. The van der Waals surface area contributed by atoms with Crippen molar-refractivity contribution in [1.29, 1.82) is 0 Å². The molecule has 1 aliphatic rings. The third-order valence-electron chi connectivity index (χ3n) is 7.54. The second-order valence-electron chi connectivity index (χ2n) is 10.7. The average molecular weight is 686 g/mol. The maximum Gasteiger partial charge on any atom is 0.341 e. The Morgan fingerprint density at radius 2 is 1.67 bits per heavy atom. The van der Waals surface area contributed by atoms with Gasteiger partial charge in [-0.15, -0.1) is 23.1 Å². The molecule has 0 unspecified atom stereocenters. The minimum Gasteiger partial charge on any atom is -0.497 e. The lowest BCUT2D eigenvalue weighted by Crippen LogP contribution is -2.30. The molecule has 0 bridgehead atoms. The van der Waals surface area contributed by atoms with Gasteiger partial charge in [0.2, 0.25) is 5.91 Å². The van der Waals surface area contributed by atoms with Gasteiger partial charge in [-0.25, -0.2) is 4.79 Å². The van der Waals surface area contributed by atoms with Crippen LogP contribution in [0.25, 0.3) is 6.08 Å². The zero-order valence-electron chi connectivity index (χ0n) is 26.7. The fourth-order valence-corrected chi connectivity index (χ4v) is 7.24. The van der Waals surface area contributed by atoms with Crippen molar-refractivity contribution >= 4 is 63.6 Å². The molecule has 0 fully saturated rings. The van der Waals surface area contributed by atoms with Crippen LogP contribution in [0.15, 0.2) is 83.4 Å². The number of benzene rings is 3. The fraction of sp³-hybridized carbons (Fsp3) is 0.222. The predicted molar refractivity (Wildman–Crippen MR) is 188 cm³/mol. The van der Waals surface area contributed by atoms with Gasteiger partial charge in [-0.2, -0.15) is 0 Å². The highest BCUT2D eigenvalue weighted by molar-refractivity contribution is 8.00. The summed E-state index contributed by atoms with van der Waals surface area (Å²) in [5.41, 5.74) is 2.77. The summed E-state index contributed by atoms with van der Waals surface area (Å²) in [6.45, 7) is 0. The quantitative estimate of drug-likeness (QED) is 0.0867. The first kappa shape index (κ1) is 34.3. The number of aryl methyl sites for hydroxylation is 1. The number of nitrogens with one attached hydrogen (secondary N) is 3. The summed E-state index contributed by atoms with van der Waals surface area (Å²) in [4.78, 5) is 54.1. The van der Waals surface area contributed by atoms with Crippen molar-refractivity contribution in [2.75, 3.05) is 37.7 Å². The van der Waals surface area contributed by atoms with E-state index in [2.05, 4.69) is 16.0 Å². The van der Waals surface area contributed by atoms with Crippen LogP contribution in [0.3, 0.4) is 0 Å². The molecule has 248 valence electrons. The Morgan fingerprint density at radius 1 is 0.875 bits per heavy atom. The Morgan fingerprint density at radius 3 is 2.42 bits per heavy atom. The highest BCUT2D eigenvalue weighted by Crippen LogP contribution is 2.38. The molecule has 0 saturated heterocycles. The molecule has 1 aromatic heterocycles. The number of fused-ring (bicyclic) bond motifs is 1. The largest absolute Gasteiger partial charge is 0.497 e. The minimum atomic E-state index is -0.568. The molecule has 5 rings (SSSR count). The SMILES string of the molecule is COC(=O)c1c(NC(=O)CSc2cccc(NC(=O)/C(=C\c3cc(OC)ccc3OC)NC(=O)c3ccccc3)c2)sc2c1CCCC2. The Balaban J connectivity index is 1.30. The number of amides is 3. The highest BCUT2D eigenvalue weighted by atomic mass is 32.2. The van der Waals surface area contributed by atoms with Gasteiger partial charge in [-0.3, -0.25) is 14.4 Å². The van der Waals surface area contributed by atoms with E-state index in [9.17, 15) is 19.2 Å². The van der Waals surface area contributed by atoms with Gasteiger partial charge in [-0.05, 0) is 85.9 Å². The standard InChI is InChI=1S/C36H35N3O7S2/c1-44-25-16-17-29(45-2)23(18-25)19-28(38-33(41)22-10-5-4-6-11-22)34(42)37-24-12-9-13-26(20-24)47-21-31(40)39-35-32(36(43)46-3)27-14-7-8-15-30(27)48-35/h4-6,9-13,16-20H,7-8,14-15,21H2,1-3H3,(H,37,42)(H,38,41)(H,39,40)/b28-19+. The summed E-state index contributed by atoms with van der Waals surface area (Å²) in [6.07, 6.45) is 5.24. The van der Waals surface area contributed by atoms with E-state index in [0.29, 0.717) is 38.9 Å². The average Bonchev–Trinajstić information content (AvgIpc) is 3.48. The zero-order valence-corrected chi connectivity index (χ0v) is 28.3. The molecule has 0 radical (unpaired) electrons. The van der Waals surface area contributed by atoms with Crippen molar-refractivity contribution in [1.82, 2.24) is 5.32 Å². The normalized spacial score (nSPS) is 12.4. The number of thiophene rings is 1. The van der Waals surface area contributed by atoms with Gasteiger partial charge >= 0.3 is 5.97 Å². The number of ether oxygens (including phenoxy) is 3. The Bertz CT molecular complexity index is 1850. The van der Waals surface area contributed by atoms with Gasteiger partial charge in [0, 0.05) is 26.6 Å². The van der Waals surface area contributed by atoms with Gasteiger partial charge in [0.25, 0.3) is 11.8 Å². The molecular weight excluding hydrogens is 651 g/mol. The van der Waals surface area contributed by atoms with E-state index in [1.165, 1.54) is 50.5 Å². The molecule has 4 aromatic rings. The van der Waals surface area contributed by atoms with Crippen LogP contribution in [-0.4, -0.2) is 50.8 Å². The van der Waals surface area contributed by atoms with Crippen molar-refractivity contribution in [3.8, 4) is 11.5 Å². The van der Waals surface area contributed by atoms with Crippen molar-refractivity contribution in [3.05, 3.63) is 106 Å². The topological polar surface area (TPSA) is 132 Å². The minimum absolute atomic E-state index is 0.0205. The van der Waals surface area contributed by atoms with E-state index in [-0.39, 0.29) is 17.4 Å². The van der Waals surface area contributed by atoms with Gasteiger partial charge in [0.1, 0.15) is 22.2 Å². The Labute approximate surface area is 286 Å². The number of carbonyl (C=O) groups excluding carboxylic acids is 4. The van der Waals surface area contributed by atoms with Crippen LogP contribution >= 0.6 is 23.1 Å². The van der Waals surface area contributed by atoms with Gasteiger partial charge < -0.3 is 30.2 Å². The Hall–Kier alpha value is -5.07. The number of anilines is 2. The summed E-state index contributed by atoms with van der Waals surface area (Å²) in [5.74, 6) is -0.636. The molecule has 3 amide bonds. The first-order valence-electron chi connectivity index (χ1n) is 15.2. The summed E-state index contributed by atoms with van der Waals surface area (Å²) in [5, 5.41) is 9.00. The van der Waals surface area contributed by atoms with Gasteiger partial charge in [0.05, 0.1) is 32.6 Å². The van der Waals surface area contributed by atoms with Crippen LogP contribution in [0.2, 0.25) is 0 Å². The molecule has 1 aliphatic carbocycles. The van der Waals surface area contributed by atoms with Crippen LogP contribution in [0.1, 0.15) is 49.6 Å². The summed E-state index contributed by atoms with van der Waals surface area (Å²) in [7, 11) is 4.38. The fourth-order valence-electron chi connectivity index (χ4n) is 5.20. The van der Waals surface area contributed by atoms with Crippen molar-refractivity contribution < 1.29 is 33.4 Å². The molecule has 48 heavy (non-hydrogen) atoms. The number of carbonyl (C=O) groups is 4. The predicted octanol–water partition coefficient (Wildman–Crippen LogP) is 6.57. The Kier molecular flexibility index (Phi) is 11.5. The molecule has 10 nitrogen and oxygen atoms in total.